The second kappa shape index (κ2) is 11.4. The Morgan fingerprint density at radius 1 is 1.00 bits per heavy atom. The molecule has 0 saturated carbocycles. The maximum Gasteiger partial charge on any atom is 0.165 e. The van der Waals surface area contributed by atoms with Crippen LogP contribution in [0.2, 0.25) is 0 Å². The SMILES string of the molecule is CCNCc1cccc(OCC)c1OCCOCCOC. The molecule has 0 fully saturated rings. The van der Waals surface area contributed by atoms with Crippen LogP contribution in [0.15, 0.2) is 18.2 Å². The van der Waals surface area contributed by atoms with Crippen molar-refractivity contribution in [2.45, 2.75) is 20.4 Å². The van der Waals surface area contributed by atoms with E-state index < -0.39 is 0 Å². The zero-order valence-corrected chi connectivity index (χ0v) is 13.3. The molecular weight excluding hydrogens is 270 g/mol. The predicted molar refractivity (Wildman–Crippen MR) is 83.2 cm³/mol. The molecule has 0 bridgehead atoms. The Bertz CT molecular complexity index is 385. The molecule has 21 heavy (non-hydrogen) atoms. The van der Waals surface area contributed by atoms with Gasteiger partial charge in [0.05, 0.1) is 26.4 Å². The lowest BCUT2D eigenvalue weighted by molar-refractivity contribution is 0.0537. The van der Waals surface area contributed by atoms with E-state index in [1.54, 1.807) is 7.11 Å². The molecule has 0 spiro atoms. The summed E-state index contributed by atoms with van der Waals surface area (Å²) in [4.78, 5) is 0. The Labute approximate surface area is 127 Å². The Morgan fingerprint density at radius 3 is 2.52 bits per heavy atom. The molecular formula is C16H27NO4. The van der Waals surface area contributed by atoms with E-state index in [0.29, 0.717) is 33.0 Å². The highest BCUT2D eigenvalue weighted by Crippen LogP contribution is 2.31. The van der Waals surface area contributed by atoms with Crippen LogP contribution in [0.1, 0.15) is 19.4 Å². The van der Waals surface area contributed by atoms with Crippen LogP contribution in [-0.4, -0.2) is 46.7 Å². The molecule has 1 aromatic carbocycles. The van der Waals surface area contributed by atoms with Crippen LogP contribution in [0.4, 0.5) is 0 Å². The molecule has 0 amide bonds. The van der Waals surface area contributed by atoms with Gasteiger partial charge in [-0.15, -0.1) is 0 Å². The smallest absolute Gasteiger partial charge is 0.165 e. The Balaban J connectivity index is 2.58. The fourth-order valence-electron chi connectivity index (χ4n) is 1.84. The third-order valence-electron chi connectivity index (χ3n) is 2.83. The number of nitrogens with one attached hydrogen (secondary N) is 1. The van der Waals surface area contributed by atoms with Gasteiger partial charge in [-0.05, 0) is 19.5 Å². The molecule has 0 radical (unpaired) electrons. The molecule has 5 nitrogen and oxygen atoms in total. The summed E-state index contributed by atoms with van der Waals surface area (Å²) in [6.07, 6.45) is 0. The van der Waals surface area contributed by atoms with Crippen molar-refractivity contribution in [1.82, 2.24) is 5.32 Å². The number of hydrogen-bond acceptors (Lipinski definition) is 5. The van der Waals surface area contributed by atoms with Crippen LogP contribution in [0, 0.1) is 0 Å². The van der Waals surface area contributed by atoms with Crippen molar-refractivity contribution in [3.63, 3.8) is 0 Å². The minimum Gasteiger partial charge on any atom is -0.490 e. The lowest BCUT2D eigenvalue weighted by atomic mass is 10.2. The first-order chi connectivity index (χ1) is 10.3. The Kier molecular flexibility index (Phi) is 9.61. The van der Waals surface area contributed by atoms with Gasteiger partial charge in [-0.25, -0.2) is 0 Å². The number of benzene rings is 1. The van der Waals surface area contributed by atoms with Crippen LogP contribution < -0.4 is 14.8 Å². The van der Waals surface area contributed by atoms with Gasteiger partial charge < -0.3 is 24.3 Å². The van der Waals surface area contributed by atoms with Crippen LogP contribution in [-0.2, 0) is 16.0 Å². The summed E-state index contributed by atoms with van der Waals surface area (Å²) in [5.41, 5.74) is 1.10. The summed E-state index contributed by atoms with van der Waals surface area (Å²) in [5, 5.41) is 3.31. The molecule has 1 rings (SSSR count). The third kappa shape index (κ3) is 6.80. The lowest BCUT2D eigenvalue weighted by Gasteiger charge is -2.16. The predicted octanol–water partition coefficient (Wildman–Crippen LogP) is 2.24. The molecule has 0 saturated heterocycles. The number of methoxy groups -OCH3 is 1. The fraction of sp³-hybridized carbons (Fsp3) is 0.625. The first kappa shape index (κ1) is 17.8. The lowest BCUT2D eigenvalue weighted by Crippen LogP contribution is -2.15. The molecule has 120 valence electrons. The van der Waals surface area contributed by atoms with Crippen molar-refractivity contribution in [3.05, 3.63) is 23.8 Å². The maximum atomic E-state index is 5.87. The number of hydrogen-bond donors (Lipinski definition) is 1. The van der Waals surface area contributed by atoms with E-state index in [4.69, 9.17) is 18.9 Å². The molecule has 0 aromatic heterocycles. The summed E-state index contributed by atoms with van der Waals surface area (Å²) in [5.74, 6) is 1.58. The summed E-state index contributed by atoms with van der Waals surface area (Å²) >= 11 is 0. The van der Waals surface area contributed by atoms with Gasteiger partial charge in [-0.3, -0.25) is 0 Å². The summed E-state index contributed by atoms with van der Waals surface area (Å²) < 4.78 is 21.8. The van der Waals surface area contributed by atoms with Crippen LogP contribution in [0.3, 0.4) is 0 Å². The highest BCUT2D eigenvalue weighted by atomic mass is 16.5. The van der Waals surface area contributed by atoms with Crippen molar-refractivity contribution in [2.24, 2.45) is 0 Å². The summed E-state index contributed by atoms with van der Waals surface area (Å²) in [7, 11) is 1.66. The van der Waals surface area contributed by atoms with E-state index in [1.165, 1.54) is 0 Å². The molecule has 0 aliphatic heterocycles. The monoisotopic (exact) mass is 297 g/mol. The third-order valence-corrected chi connectivity index (χ3v) is 2.83. The molecule has 0 atom stereocenters. The fourth-order valence-corrected chi connectivity index (χ4v) is 1.84. The average molecular weight is 297 g/mol. The normalized spacial score (nSPS) is 10.6. The minimum absolute atomic E-state index is 0.493. The molecule has 0 heterocycles. The standard InChI is InChI=1S/C16H27NO4/c1-4-17-13-14-7-6-8-15(20-5-2)16(14)21-12-11-19-10-9-18-3/h6-8,17H,4-5,9-13H2,1-3H3. The van der Waals surface area contributed by atoms with Gasteiger partial charge >= 0.3 is 0 Å². The minimum atomic E-state index is 0.493. The van der Waals surface area contributed by atoms with Gasteiger partial charge in [0.2, 0.25) is 0 Å². The quantitative estimate of drug-likeness (QED) is 0.600. The van der Waals surface area contributed by atoms with E-state index in [-0.39, 0.29) is 0 Å². The zero-order chi connectivity index (χ0) is 15.3. The first-order valence-electron chi connectivity index (χ1n) is 7.48. The molecule has 0 unspecified atom stereocenters. The maximum absolute atomic E-state index is 5.87. The number of rotatable bonds is 12. The van der Waals surface area contributed by atoms with Crippen molar-refractivity contribution in [3.8, 4) is 11.5 Å². The average Bonchev–Trinajstić information content (AvgIpc) is 2.50. The van der Waals surface area contributed by atoms with E-state index in [2.05, 4.69) is 12.2 Å². The van der Waals surface area contributed by atoms with Crippen molar-refractivity contribution in [2.75, 3.05) is 46.7 Å². The first-order valence-corrected chi connectivity index (χ1v) is 7.48. The van der Waals surface area contributed by atoms with Gasteiger partial charge in [-0.2, -0.15) is 0 Å². The number of para-hydroxylation sites is 1. The summed E-state index contributed by atoms with van der Waals surface area (Å²) in [6, 6.07) is 5.96. The second-order valence-corrected chi connectivity index (χ2v) is 4.41. The van der Waals surface area contributed by atoms with Gasteiger partial charge in [0.15, 0.2) is 11.5 Å². The number of ether oxygens (including phenoxy) is 4. The van der Waals surface area contributed by atoms with Crippen molar-refractivity contribution < 1.29 is 18.9 Å². The highest BCUT2D eigenvalue weighted by Gasteiger charge is 2.10. The van der Waals surface area contributed by atoms with Crippen LogP contribution >= 0.6 is 0 Å². The largest absolute Gasteiger partial charge is 0.490 e. The topological polar surface area (TPSA) is 49.0 Å². The molecule has 1 aromatic rings. The van der Waals surface area contributed by atoms with Gasteiger partial charge in [0.25, 0.3) is 0 Å². The van der Waals surface area contributed by atoms with Gasteiger partial charge in [0.1, 0.15) is 6.61 Å². The Morgan fingerprint density at radius 2 is 1.81 bits per heavy atom. The van der Waals surface area contributed by atoms with E-state index in [9.17, 15) is 0 Å². The molecule has 0 aliphatic carbocycles. The van der Waals surface area contributed by atoms with Crippen LogP contribution in [0.5, 0.6) is 11.5 Å². The van der Waals surface area contributed by atoms with E-state index in [0.717, 1.165) is 30.2 Å². The van der Waals surface area contributed by atoms with E-state index in [1.807, 2.05) is 25.1 Å². The summed E-state index contributed by atoms with van der Waals surface area (Å²) in [6.45, 7) is 8.54. The van der Waals surface area contributed by atoms with Crippen molar-refractivity contribution in [1.29, 1.82) is 0 Å². The molecule has 5 heteroatoms. The van der Waals surface area contributed by atoms with Gasteiger partial charge in [-0.1, -0.05) is 19.1 Å². The van der Waals surface area contributed by atoms with Crippen molar-refractivity contribution >= 4 is 0 Å². The van der Waals surface area contributed by atoms with Gasteiger partial charge in [0, 0.05) is 19.2 Å². The Hall–Kier alpha value is -1.30. The molecule has 0 aliphatic rings. The molecule has 1 N–H and O–H groups in total. The second-order valence-electron chi connectivity index (χ2n) is 4.41. The van der Waals surface area contributed by atoms with Crippen LogP contribution in [0.25, 0.3) is 0 Å². The van der Waals surface area contributed by atoms with E-state index >= 15 is 0 Å². The zero-order valence-electron chi connectivity index (χ0n) is 13.3. The highest BCUT2D eigenvalue weighted by molar-refractivity contribution is 5.46.